The Bertz CT molecular complexity index is 68.7. The monoisotopic (exact) mass is 128 g/mol. The Kier molecular flexibility index (Phi) is 2.97. The molecule has 1 rings (SSSR count). The fraction of sp³-hybridized carbons (Fsp3) is 1.00. The molecule has 0 aromatic carbocycles. The lowest BCUT2D eigenvalue weighted by Crippen LogP contribution is -2.40. The molecule has 0 saturated carbocycles. The Morgan fingerprint density at radius 3 is 2.67 bits per heavy atom. The summed E-state index contributed by atoms with van der Waals surface area (Å²) in [6.45, 7) is 5.21. The highest BCUT2D eigenvalue weighted by Gasteiger charge is 2.10. The van der Waals surface area contributed by atoms with E-state index >= 15 is 0 Å². The summed E-state index contributed by atoms with van der Waals surface area (Å²) < 4.78 is 0. The summed E-state index contributed by atoms with van der Waals surface area (Å²) in [6, 6.07) is 0. The van der Waals surface area contributed by atoms with Crippen LogP contribution in [0.3, 0.4) is 0 Å². The van der Waals surface area contributed by atoms with Gasteiger partial charge in [0.2, 0.25) is 0 Å². The predicted molar refractivity (Wildman–Crippen MR) is 37.1 cm³/mol. The summed E-state index contributed by atoms with van der Waals surface area (Å²) in [5.41, 5.74) is 0. The Labute approximate surface area is 56.2 Å². The first-order valence-corrected chi connectivity index (χ1v) is 3.57. The molecule has 0 aromatic heterocycles. The van der Waals surface area contributed by atoms with Crippen LogP contribution in [0.2, 0.25) is 0 Å². The lowest BCUT2D eigenvalue weighted by atomic mass is 10.5. The van der Waals surface area contributed by atoms with E-state index in [0.717, 1.165) is 26.1 Å². The first kappa shape index (κ1) is 6.99. The zero-order chi connectivity index (χ0) is 6.53. The van der Waals surface area contributed by atoms with Crippen LogP contribution in [0.4, 0.5) is 0 Å². The standard InChI is InChI=1S/C6H14N3/c1-2-3-7-6-8-4-5-9-6/h6,8-9H,2-5H2,1H3. The lowest BCUT2D eigenvalue weighted by Gasteiger charge is -2.08. The van der Waals surface area contributed by atoms with Gasteiger partial charge >= 0.3 is 0 Å². The average Bonchev–Trinajstić information content (AvgIpc) is 2.34. The summed E-state index contributed by atoms with van der Waals surface area (Å²) in [6.07, 6.45) is 1.38. The molecule has 0 bridgehead atoms. The van der Waals surface area contributed by atoms with Gasteiger partial charge in [-0.15, -0.1) is 0 Å². The van der Waals surface area contributed by atoms with E-state index in [-0.39, 0.29) is 6.29 Å². The molecular weight excluding hydrogens is 114 g/mol. The van der Waals surface area contributed by atoms with Gasteiger partial charge in [-0.25, -0.2) is 5.32 Å². The molecule has 0 spiro atoms. The average molecular weight is 128 g/mol. The van der Waals surface area contributed by atoms with Crippen LogP contribution in [0.25, 0.3) is 0 Å². The number of rotatable bonds is 3. The second-order valence-corrected chi connectivity index (χ2v) is 2.22. The molecule has 1 heterocycles. The van der Waals surface area contributed by atoms with Crippen LogP contribution in [-0.2, 0) is 0 Å². The molecule has 3 nitrogen and oxygen atoms in total. The zero-order valence-corrected chi connectivity index (χ0v) is 5.85. The van der Waals surface area contributed by atoms with Crippen molar-refractivity contribution in [2.24, 2.45) is 0 Å². The van der Waals surface area contributed by atoms with E-state index in [9.17, 15) is 0 Å². The van der Waals surface area contributed by atoms with Crippen molar-refractivity contribution in [2.45, 2.75) is 19.6 Å². The molecule has 0 aromatic rings. The minimum atomic E-state index is 0.241. The van der Waals surface area contributed by atoms with Crippen LogP contribution < -0.4 is 16.0 Å². The normalized spacial score (nSPS) is 21.0. The Morgan fingerprint density at radius 2 is 2.11 bits per heavy atom. The smallest absolute Gasteiger partial charge is 0.127 e. The van der Waals surface area contributed by atoms with Gasteiger partial charge in [-0.05, 0) is 6.42 Å². The van der Waals surface area contributed by atoms with Crippen LogP contribution in [0, 0.1) is 0 Å². The van der Waals surface area contributed by atoms with E-state index in [4.69, 9.17) is 0 Å². The molecule has 1 fully saturated rings. The van der Waals surface area contributed by atoms with E-state index in [1.54, 1.807) is 0 Å². The van der Waals surface area contributed by atoms with E-state index in [0.29, 0.717) is 0 Å². The quantitative estimate of drug-likeness (QED) is 0.536. The maximum atomic E-state index is 4.32. The van der Waals surface area contributed by atoms with E-state index in [2.05, 4.69) is 22.9 Å². The number of nitrogens with one attached hydrogen (secondary N) is 2. The van der Waals surface area contributed by atoms with Gasteiger partial charge in [0, 0.05) is 19.6 Å². The highest BCUT2D eigenvalue weighted by atomic mass is 15.3. The third-order valence-corrected chi connectivity index (χ3v) is 1.34. The minimum Gasteiger partial charge on any atom is -0.287 e. The van der Waals surface area contributed by atoms with Gasteiger partial charge < -0.3 is 0 Å². The number of hydrogen-bond donors (Lipinski definition) is 2. The van der Waals surface area contributed by atoms with Crippen molar-refractivity contribution in [1.29, 1.82) is 0 Å². The third-order valence-electron chi connectivity index (χ3n) is 1.34. The van der Waals surface area contributed by atoms with Crippen LogP contribution in [0.5, 0.6) is 0 Å². The molecule has 0 unspecified atom stereocenters. The first-order chi connectivity index (χ1) is 4.43. The predicted octanol–water partition coefficient (Wildman–Crippen LogP) is -0.523. The summed E-state index contributed by atoms with van der Waals surface area (Å²) in [5.74, 6) is 0. The third kappa shape index (κ3) is 2.30. The molecule has 0 aliphatic carbocycles. The summed E-state index contributed by atoms with van der Waals surface area (Å²) >= 11 is 0. The Hall–Kier alpha value is -0.120. The molecule has 1 radical (unpaired) electrons. The van der Waals surface area contributed by atoms with Crippen LogP contribution in [-0.4, -0.2) is 25.9 Å². The summed E-state index contributed by atoms with van der Waals surface area (Å²) in [7, 11) is 0. The SMILES string of the molecule is CCC[N]C1NCCN1. The van der Waals surface area contributed by atoms with Gasteiger partial charge in [0.05, 0.1) is 0 Å². The largest absolute Gasteiger partial charge is 0.287 e. The second-order valence-electron chi connectivity index (χ2n) is 2.22. The Morgan fingerprint density at radius 1 is 1.44 bits per heavy atom. The van der Waals surface area contributed by atoms with Crippen molar-refractivity contribution in [3.8, 4) is 0 Å². The van der Waals surface area contributed by atoms with Crippen LogP contribution >= 0.6 is 0 Å². The van der Waals surface area contributed by atoms with Crippen molar-refractivity contribution < 1.29 is 0 Å². The van der Waals surface area contributed by atoms with E-state index < -0.39 is 0 Å². The van der Waals surface area contributed by atoms with Crippen molar-refractivity contribution in [2.75, 3.05) is 19.6 Å². The first-order valence-electron chi connectivity index (χ1n) is 3.57. The van der Waals surface area contributed by atoms with Crippen molar-refractivity contribution in [3.63, 3.8) is 0 Å². The Balaban J connectivity index is 1.98. The molecule has 0 atom stereocenters. The maximum Gasteiger partial charge on any atom is 0.127 e. The molecule has 1 aliphatic rings. The zero-order valence-electron chi connectivity index (χ0n) is 5.85. The molecule has 9 heavy (non-hydrogen) atoms. The molecular formula is C6H14N3. The maximum absolute atomic E-state index is 4.32. The van der Waals surface area contributed by atoms with Crippen molar-refractivity contribution in [1.82, 2.24) is 16.0 Å². The highest BCUT2D eigenvalue weighted by Crippen LogP contribution is 1.82. The fourth-order valence-corrected chi connectivity index (χ4v) is 0.877. The van der Waals surface area contributed by atoms with Gasteiger partial charge in [-0.2, -0.15) is 0 Å². The second kappa shape index (κ2) is 3.82. The lowest BCUT2D eigenvalue weighted by molar-refractivity contribution is 0.436. The molecule has 1 aliphatic heterocycles. The van der Waals surface area contributed by atoms with Gasteiger partial charge in [-0.1, -0.05) is 6.92 Å². The molecule has 2 N–H and O–H groups in total. The minimum absolute atomic E-state index is 0.241. The highest BCUT2D eigenvalue weighted by molar-refractivity contribution is 4.69. The van der Waals surface area contributed by atoms with Gasteiger partial charge in [0.25, 0.3) is 0 Å². The molecule has 53 valence electrons. The van der Waals surface area contributed by atoms with Crippen molar-refractivity contribution >= 4 is 0 Å². The van der Waals surface area contributed by atoms with Gasteiger partial charge in [0.15, 0.2) is 0 Å². The van der Waals surface area contributed by atoms with Gasteiger partial charge in [0.1, 0.15) is 6.29 Å². The van der Waals surface area contributed by atoms with Crippen molar-refractivity contribution in [3.05, 3.63) is 0 Å². The fourth-order valence-electron chi connectivity index (χ4n) is 0.877. The number of hydrogen-bond acceptors (Lipinski definition) is 2. The van der Waals surface area contributed by atoms with E-state index in [1.165, 1.54) is 0 Å². The molecule has 0 amide bonds. The topological polar surface area (TPSA) is 38.2 Å². The van der Waals surface area contributed by atoms with Gasteiger partial charge in [-0.3, -0.25) is 10.6 Å². The summed E-state index contributed by atoms with van der Waals surface area (Å²) in [4.78, 5) is 0. The van der Waals surface area contributed by atoms with Crippen LogP contribution in [0.1, 0.15) is 13.3 Å². The number of nitrogens with zero attached hydrogens (tertiary/aromatic N) is 1. The molecule has 3 heteroatoms. The summed E-state index contributed by atoms with van der Waals surface area (Å²) in [5, 5.41) is 10.7. The van der Waals surface area contributed by atoms with E-state index in [1.807, 2.05) is 0 Å². The van der Waals surface area contributed by atoms with Crippen LogP contribution in [0.15, 0.2) is 0 Å². The molecule has 1 saturated heterocycles.